The van der Waals surface area contributed by atoms with Crippen molar-refractivity contribution in [2.45, 2.75) is 11.8 Å². The molecule has 1 rings (SSSR count). The number of allylic oxidation sites excluding steroid dienone is 3. The first-order chi connectivity index (χ1) is 12.2. The Hall–Kier alpha value is -2.65. The van der Waals surface area contributed by atoms with Crippen molar-refractivity contribution in [1.29, 1.82) is 0 Å². The molecular formula is C17H22N2O6S. The van der Waals surface area contributed by atoms with Crippen molar-refractivity contribution in [3.8, 4) is 5.75 Å². The zero-order chi connectivity index (χ0) is 19.7. The smallest absolute Gasteiger partial charge is 0.331 e. The summed E-state index contributed by atoms with van der Waals surface area (Å²) in [4.78, 5) is 23.2. The minimum absolute atomic E-state index is 0.0888. The van der Waals surface area contributed by atoms with Gasteiger partial charge in [0.05, 0.1) is 7.11 Å². The van der Waals surface area contributed by atoms with Crippen LogP contribution >= 0.6 is 0 Å². The molecule has 0 aliphatic rings. The number of carbonyl (C=O) groups is 2. The van der Waals surface area contributed by atoms with Crippen LogP contribution in [0.4, 0.5) is 5.69 Å². The van der Waals surface area contributed by atoms with Crippen LogP contribution in [0, 0.1) is 0 Å². The molecule has 0 fully saturated rings. The van der Waals surface area contributed by atoms with Gasteiger partial charge in [-0.3, -0.25) is 4.79 Å². The molecule has 26 heavy (non-hydrogen) atoms. The van der Waals surface area contributed by atoms with E-state index in [2.05, 4.69) is 5.32 Å². The minimum Gasteiger partial charge on any atom is -0.495 e. The van der Waals surface area contributed by atoms with Crippen molar-refractivity contribution < 1.29 is 27.5 Å². The Morgan fingerprint density at radius 3 is 2.50 bits per heavy atom. The number of hydrogen-bond acceptors (Lipinski definition) is 6. The number of ether oxygens (including phenoxy) is 2. The molecule has 0 heterocycles. The number of methoxy groups -OCH3 is 1. The number of benzene rings is 1. The second-order valence-electron chi connectivity index (χ2n) is 5.19. The monoisotopic (exact) mass is 382 g/mol. The quantitative estimate of drug-likeness (QED) is 0.416. The minimum atomic E-state index is -3.76. The molecule has 9 heteroatoms. The zero-order valence-electron chi connectivity index (χ0n) is 15.1. The molecule has 0 saturated carbocycles. The molecule has 1 aromatic rings. The highest BCUT2D eigenvalue weighted by molar-refractivity contribution is 7.89. The van der Waals surface area contributed by atoms with Crippen molar-refractivity contribution in [2.75, 3.05) is 33.1 Å². The number of amides is 1. The van der Waals surface area contributed by atoms with Gasteiger partial charge in [0.2, 0.25) is 10.0 Å². The summed E-state index contributed by atoms with van der Waals surface area (Å²) < 4.78 is 35.6. The van der Waals surface area contributed by atoms with Gasteiger partial charge >= 0.3 is 5.97 Å². The lowest BCUT2D eigenvalue weighted by atomic mass is 10.3. The molecule has 8 nitrogen and oxygen atoms in total. The summed E-state index contributed by atoms with van der Waals surface area (Å²) >= 11 is 0. The van der Waals surface area contributed by atoms with E-state index in [0.29, 0.717) is 0 Å². The third kappa shape index (κ3) is 6.01. The van der Waals surface area contributed by atoms with E-state index in [1.54, 1.807) is 19.1 Å². The normalized spacial score (nSPS) is 11.9. The fraction of sp³-hybridized carbons (Fsp3) is 0.294. The number of hydrogen-bond donors (Lipinski definition) is 1. The van der Waals surface area contributed by atoms with E-state index in [0.717, 1.165) is 4.31 Å². The van der Waals surface area contributed by atoms with Crippen molar-refractivity contribution in [1.82, 2.24) is 4.31 Å². The van der Waals surface area contributed by atoms with Gasteiger partial charge in [0.1, 0.15) is 10.6 Å². The largest absolute Gasteiger partial charge is 0.495 e. The molecule has 1 aromatic carbocycles. The topological polar surface area (TPSA) is 102 Å². The maximum Gasteiger partial charge on any atom is 0.331 e. The van der Waals surface area contributed by atoms with Crippen molar-refractivity contribution in [3.63, 3.8) is 0 Å². The number of sulfonamides is 1. The molecule has 1 amide bonds. The Morgan fingerprint density at radius 2 is 1.92 bits per heavy atom. The van der Waals surface area contributed by atoms with Crippen LogP contribution in [0.2, 0.25) is 0 Å². The van der Waals surface area contributed by atoms with Crippen LogP contribution in [-0.2, 0) is 24.3 Å². The molecule has 0 saturated heterocycles. The fourth-order valence-corrected chi connectivity index (χ4v) is 2.85. The summed E-state index contributed by atoms with van der Waals surface area (Å²) in [5.74, 6) is -1.11. The molecule has 1 N–H and O–H groups in total. The number of rotatable bonds is 8. The standard InChI is InChI=1S/C17H22N2O6S/c1-5-6-7-8-17(21)25-12-16(20)18-13-9-10-14(24-4)15(11-13)26(22,23)19(2)3/h5-11H,12H2,1-4H3,(H,18,20)/b6-5+,8-7+. The van der Waals surface area contributed by atoms with E-state index in [-0.39, 0.29) is 16.3 Å². The molecular weight excluding hydrogens is 360 g/mol. The first-order valence-corrected chi connectivity index (χ1v) is 9.03. The second kappa shape index (κ2) is 9.73. The Bertz CT molecular complexity index is 813. The van der Waals surface area contributed by atoms with Crippen molar-refractivity contribution in [2.24, 2.45) is 0 Å². The molecule has 0 atom stereocenters. The predicted octanol–water partition coefficient (Wildman–Crippen LogP) is 1.56. The van der Waals surface area contributed by atoms with Gasteiger partial charge in [-0.2, -0.15) is 0 Å². The Labute approximate surface area is 153 Å². The molecule has 0 aromatic heterocycles. The third-order valence-corrected chi connectivity index (χ3v) is 4.92. The van der Waals surface area contributed by atoms with Crippen LogP contribution in [0.3, 0.4) is 0 Å². The van der Waals surface area contributed by atoms with Crippen LogP contribution in [0.25, 0.3) is 0 Å². The number of esters is 1. The molecule has 0 spiro atoms. The van der Waals surface area contributed by atoms with Crippen LogP contribution in [0.1, 0.15) is 6.92 Å². The van der Waals surface area contributed by atoms with E-state index in [9.17, 15) is 18.0 Å². The Kier molecular flexibility index (Phi) is 8.01. The average Bonchev–Trinajstić information content (AvgIpc) is 2.60. The molecule has 0 bridgehead atoms. The number of anilines is 1. The lowest BCUT2D eigenvalue weighted by molar-refractivity contribution is -0.142. The second-order valence-corrected chi connectivity index (χ2v) is 7.31. The van der Waals surface area contributed by atoms with Gasteiger partial charge < -0.3 is 14.8 Å². The van der Waals surface area contributed by atoms with Gasteiger partial charge in [-0.25, -0.2) is 17.5 Å². The van der Waals surface area contributed by atoms with Gasteiger partial charge in [0.15, 0.2) is 6.61 Å². The Morgan fingerprint density at radius 1 is 1.23 bits per heavy atom. The molecule has 142 valence electrons. The molecule has 0 aliphatic heterocycles. The first-order valence-electron chi connectivity index (χ1n) is 7.59. The summed E-state index contributed by atoms with van der Waals surface area (Å²) in [6.45, 7) is 1.30. The van der Waals surface area contributed by atoms with E-state index >= 15 is 0 Å². The van der Waals surface area contributed by atoms with E-state index in [1.807, 2.05) is 0 Å². The van der Waals surface area contributed by atoms with Crippen LogP contribution in [-0.4, -0.2) is 52.4 Å². The zero-order valence-corrected chi connectivity index (χ0v) is 15.9. The van der Waals surface area contributed by atoms with Gasteiger partial charge in [-0.05, 0) is 25.1 Å². The van der Waals surface area contributed by atoms with Gasteiger partial charge in [-0.15, -0.1) is 0 Å². The lowest BCUT2D eigenvalue weighted by Gasteiger charge is -2.15. The molecule has 0 unspecified atom stereocenters. The highest BCUT2D eigenvalue weighted by Crippen LogP contribution is 2.28. The fourth-order valence-electron chi connectivity index (χ4n) is 1.78. The van der Waals surface area contributed by atoms with Crippen molar-refractivity contribution >= 4 is 27.6 Å². The van der Waals surface area contributed by atoms with Crippen molar-refractivity contribution in [3.05, 3.63) is 42.5 Å². The number of carbonyl (C=O) groups excluding carboxylic acids is 2. The predicted molar refractivity (Wildman–Crippen MR) is 97.4 cm³/mol. The third-order valence-electron chi connectivity index (χ3n) is 3.09. The molecule has 0 radical (unpaired) electrons. The summed E-state index contributed by atoms with van der Waals surface area (Å²) in [6, 6.07) is 4.19. The van der Waals surface area contributed by atoms with Crippen LogP contribution in [0.15, 0.2) is 47.4 Å². The van der Waals surface area contributed by atoms with E-state index < -0.39 is 28.5 Å². The highest BCUT2D eigenvalue weighted by Gasteiger charge is 2.23. The van der Waals surface area contributed by atoms with Crippen LogP contribution in [0.5, 0.6) is 5.75 Å². The highest BCUT2D eigenvalue weighted by atomic mass is 32.2. The summed E-state index contributed by atoms with van der Waals surface area (Å²) in [5, 5.41) is 2.47. The average molecular weight is 382 g/mol. The summed E-state index contributed by atoms with van der Waals surface area (Å²) in [5.41, 5.74) is 0.233. The summed E-state index contributed by atoms with van der Waals surface area (Å²) in [6.07, 6.45) is 6.05. The first kappa shape index (κ1) is 21.4. The lowest BCUT2D eigenvalue weighted by Crippen LogP contribution is -2.23. The van der Waals surface area contributed by atoms with Crippen LogP contribution < -0.4 is 10.1 Å². The maximum atomic E-state index is 12.3. The Balaban J connectivity index is 2.85. The molecule has 0 aliphatic carbocycles. The number of nitrogens with one attached hydrogen (secondary N) is 1. The number of nitrogens with zero attached hydrogens (tertiary/aromatic N) is 1. The van der Waals surface area contributed by atoms with Gasteiger partial charge in [0, 0.05) is 25.9 Å². The van der Waals surface area contributed by atoms with E-state index in [1.165, 1.54) is 51.6 Å². The van der Waals surface area contributed by atoms with E-state index in [4.69, 9.17) is 9.47 Å². The maximum absolute atomic E-state index is 12.3. The van der Waals surface area contributed by atoms with Gasteiger partial charge in [0.25, 0.3) is 5.91 Å². The summed E-state index contributed by atoms with van der Waals surface area (Å²) in [7, 11) is 0.369. The SMILES string of the molecule is C/C=C/C=C/C(=O)OCC(=O)Nc1ccc(OC)c(S(=O)(=O)N(C)C)c1. The van der Waals surface area contributed by atoms with Gasteiger partial charge in [-0.1, -0.05) is 18.2 Å².